The molecule has 7 heteroatoms. The molecule has 0 aromatic rings. The van der Waals surface area contributed by atoms with E-state index in [1.54, 1.807) is 6.92 Å². The SMILES string of the molecule is COC(=O)C(C)(N)CCCN1CCS(=O)(=O)CC1. The lowest BCUT2D eigenvalue weighted by Gasteiger charge is -2.28. The number of ether oxygens (including phenoxy) is 1. The molecular weight excluding hydrogens is 256 g/mol. The fourth-order valence-electron chi connectivity index (χ4n) is 1.98. The summed E-state index contributed by atoms with van der Waals surface area (Å²) in [5.74, 6) is 0.0390. The molecule has 1 atom stereocenters. The minimum atomic E-state index is -2.83. The largest absolute Gasteiger partial charge is 0.468 e. The highest BCUT2D eigenvalue weighted by atomic mass is 32.2. The Bertz CT molecular complexity index is 378. The number of esters is 1. The van der Waals surface area contributed by atoms with Crippen LogP contribution < -0.4 is 5.73 Å². The maximum Gasteiger partial charge on any atom is 0.325 e. The van der Waals surface area contributed by atoms with Crippen LogP contribution in [0.4, 0.5) is 0 Å². The van der Waals surface area contributed by atoms with Crippen molar-refractivity contribution in [2.75, 3.05) is 38.2 Å². The third-order valence-corrected chi connectivity index (χ3v) is 4.87. The summed E-state index contributed by atoms with van der Waals surface area (Å²) in [7, 11) is -1.50. The molecule has 0 bridgehead atoms. The van der Waals surface area contributed by atoms with Crippen molar-refractivity contribution in [1.29, 1.82) is 0 Å². The molecule has 0 radical (unpaired) electrons. The maximum absolute atomic E-state index is 11.4. The number of sulfone groups is 1. The third kappa shape index (κ3) is 4.55. The second-order valence-electron chi connectivity index (χ2n) is 5.01. The Morgan fingerprint density at radius 3 is 2.44 bits per heavy atom. The van der Waals surface area contributed by atoms with Crippen LogP contribution in [0, 0.1) is 0 Å². The van der Waals surface area contributed by atoms with Crippen molar-refractivity contribution in [3.8, 4) is 0 Å². The Labute approximate surface area is 108 Å². The molecule has 1 saturated heterocycles. The second kappa shape index (κ2) is 5.99. The predicted molar refractivity (Wildman–Crippen MR) is 68.9 cm³/mol. The monoisotopic (exact) mass is 278 g/mol. The number of nitrogens with zero attached hydrogens (tertiary/aromatic N) is 1. The summed E-state index contributed by atoms with van der Waals surface area (Å²) < 4.78 is 27.1. The van der Waals surface area contributed by atoms with Gasteiger partial charge in [-0.25, -0.2) is 8.42 Å². The van der Waals surface area contributed by atoms with E-state index in [1.165, 1.54) is 7.11 Å². The standard InChI is InChI=1S/C11H22N2O4S/c1-11(12,10(14)17-2)4-3-5-13-6-8-18(15,16)9-7-13/h3-9,12H2,1-2H3. The van der Waals surface area contributed by atoms with Gasteiger partial charge in [-0.05, 0) is 26.3 Å². The van der Waals surface area contributed by atoms with Crippen molar-refractivity contribution in [1.82, 2.24) is 4.90 Å². The van der Waals surface area contributed by atoms with E-state index < -0.39 is 21.3 Å². The minimum absolute atomic E-state index is 0.226. The summed E-state index contributed by atoms with van der Waals surface area (Å²) in [6, 6.07) is 0. The predicted octanol–water partition coefficient (Wildman–Crippen LogP) is -0.613. The molecule has 1 rings (SSSR count). The number of rotatable bonds is 5. The van der Waals surface area contributed by atoms with Crippen molar-refractivity contribution in [2.24, 2.45) is 5.73 Å². The van der Waals surface area contributed by atoms with Crippen LogP contribution in [0.15, 0.2) is 0 Å². The molecule has 106 valence electrons. The molecule has 0 aromatic carbocycles. The van der Waals surface area contributed by atoms with Crippen LogP contribution in [0.3, 0.4) is 0 Å². The van der Waals surface area contributed by atoms with Gasteiger partial charge in [-0.15, -0.1) is 0 Å². The highest BCUT2D eigenvalue weighted by molar-refractivity contribution is 7.91. The summed E-state index contributed by atoms with van der Waals surface area (Å²) in [4.78, 5) is 13.5. The first-order chi connectivity index (χ1) is 8.27. The van der Waals surface area contributed by atoms with Gasteiger partial charge >= 0.3 is 5.97 Å². The Morgan fingerprint density at radius 1 is 1.39 bits per heavy atom. The molecule has 1 aliphatic rings. The van der Waals surface area contributed by atoms with Crippen molar-refractivity contribution in [3.63, 3.8) is 0 Å². The maximum atomic E-state index is 11.4. The highest BCUT2D eigenvalue weighted by Crippen LogP contribution is 2.12. The van der Waals surface area contributed by atoms with E-state index in [1.807, 2.05) is 0 Å². The third-order valence-electron chi connectivity index (χ3n) is 3.26. The average Bonchev–Trinajstić information content (AvgIpc) is 2.30. The smallest absolute Gasteiger partial charge is 0.325 e. The van der Waals surface area contributed by atoms with E-state index in [2.05, 4.69) is 9.64 Å². The molecule has 0 spiro atoms. The summed E-state index contributed by atoms with van der Waals surface area (Å²) in [6.07, 6.45) is 1.28. The molecule has 18 heavy (non-hydrogen) atoms. The van der Waals surface area contributed by atoms with Gasteiger partial charge in [0, 0.05) is 13.1 Å². The van der Waals surface area contributed by atoms with Crippen LogP contribution >= 0.6 is 0 Å². The quantitative estimate of drug-likeness (QED) is 0.675. The molecule has 2 N–H and O–H groups in total. The summed E-state index contributed by atoms with van der Waals surface area (Å²) in [6.45, 7) is 3.56. The van der Waals surface area contributed by atoms with Gasteiger partial charge in [0.1, 0.15) is 5.54 Å². The molecule has 0 amide bonds. The van der Waals surface area contributed by atoms with E-state index in [9.17, 15) is 13.2 Å². The Morgan fingerprint density at radius 2 is 1.94 bits per heavy atom. The van der Waals surface area contributed by atoms with Gasteiger partial charge in [0.05, 0.1) is 18.6 Å². The van der Waals surface area contributed by atoms with E-state index in [0.29, 0.717) is 19.5 Å². The van der Waals surface area contributed by atoms with Crippen LogP contribution in [0.1, 0.15) is 19.8 Å². The Hall–Kier alpha value is -0.660. The molecule has 1 fully saturated rings. The first-order valence-corrected chi connectivity index (χ1v) is 7.89. The molecular formula is C11H22N2O4S. The second-order valence-corrected chi connectivity index (χ2v) is 7.31. The minimum Gasteiger partial charge on any atom is -0.468 e. The van der Waals surface area contributed by atoms with Crippen LogP contribution in [0.5, 0.6) is 0 Å². The number of carbonyl (C=O) groups excluding carboxylic acids is 1. The van der Waals surface area contributed by atoms with Gasteiger partial charge in [-0.1, -0.05) is 0 Å². The number of carbonyl (C=O) groups is 1. The summed E-state index contributed by atoms with van der Waals surface area (Å²) in [5.41, 5.74) is 4.88. The van der Waals surface area contributed by atoms with Crippen molar-refractivity contribution < 1.29 is 17.9 Å². The van der Waals surface area contributed by atoms with Crippen molar-refractivity contribution in [3.05, 3.63) is 0 Å². The lowest BCUT2D eigenvalue weighted by molar-refractivity contribution is -0.146. The zero-order valence-electron chi connectivity index (χ0n) is 11.0. The van der Waals surface area contributed by atoms with Gasteiger partial charge in [0.2, 0.25) is 0 Å². The van der Waals surface area contributed by atoms with E-state index in [0.717, 1.165) is 13.0 Å². The van der Waals surface area contributed by atoms with Gasteiger partial charge in [0.25, 0.3) is 0 Å². The van der Waals surface area contributed by atoms with Gasteiger partial charge in [-0.3, -0.25) is 4.79 Å². The zero-order valence-corrected chi connectivity index (χ0v) is 11.8. The van der Waals surface area contributed by atoms with E-state index in [4.69, 9.17) is 5.73 Å². The molecule has 1 aliphatic heterocycles. The molecule has 0 saturated carbocycles. The average molecular weight is 278 g/mol. The zero-order chi connectivity index (χ0) is 13.8. The highest BCUT2D eigenvalue weighted by Gasteiger charge is 2.29. The molecule has 1 unspecified atom stereocenters. The summed E-state index contributed by atoms with van der Waals surface area (Å²) in [5, 5.41) is 0. The van der Waals surface area contributed by atoms with Crippen LogP contribution in [-0.4, -0.2) is 63.1 Å². The van der Waals surface area contributed by atoms with E-state index >= 15 is 0 Å². The van der Waals surface area contributed by atoms with Gasteiger partial charge in [-0.2, -0.15) is 0 Å². The first-order valence-electron chi connectivity index (χ1n) is 6.07. The van der Waals surface area contributed by atoms with Crippen molar-refractivity contribution >= 4 is 15.8 Å². The number of nitrogens with two attached hydrogens (primary N) is 1. The number of hydrogen-bond donors (Lipinski definition) is 1. The lowest BCUT2D eigenvalue weighted by Crippen LogP contribution is -2.47. The lowest BCUT2D eigenvalue weighted by atomic mass is 9.97. The number of hydrogen-bond acceptors (Lipinski definition) is 6. The molecule has 1 heterocycles. The fraction of sp³-hybridized carbons (Fsp3) is 0.909. The van der Waals surface area contributed by atoms with Gasteiger partial charge in [0.15, 0.2) is 9.84 Å². The molecule has 6 nitrogen and oxygen atoms in total. The topological polar surface area (TPSA) is 89.7 Å². The Balaban J connectivity index is 2.29. The van der Waals surface area contributed by atoms with Gasteiger partial charge < -0.3 is 15.4 Å². The molecule has 0 aliphatic carbocycles. The Kier molecular flexibility index (Phi) is 5.12. The van der Waals surface area contributed by atoms with Crippen molar-refractivity contribution in [2.45, 2.75) is 25.3 Å². The van der Waals surface area contributed by atoms with Crippen LogP contribution in [0.25, 0.3) is 0 Å². The first kappa shape index (κ1) is 15.4. The van der Waals surface area contributed by atoms with E-state index in [-0.39, 0.29) is 11.5 Å². The van der Waals surface area contributed by atoms with Crippen LogP contribution in [0.2, 0.25) is 0 Å². The normalized spacial score (nSPS) is 23.3. The summed E-state index contributed by atoms with van der Waals surface area (Å²) >= 11 is 0. The molecule has 0 aromatic heterocycles. The number of methoxy groups -OCH3 is 1. The van der Waals surface area contributed by atoms with Crippen LogP contribution in [-0.2, 0) is 19.4 Å². The fourth-order valence-corrected chi connectivity index (χ4v) is 3.26.